The number of aliphatic hydroxyl groups is 1. The van der Waals surface area contributed by atoms with Gasteiger partial charge in [-0.1, -0.05) is 20.8 Å². The lowest BCUT2D eigenvalue weighted by Crippen LogP contribution is -2.65. The first kappa shape index (κ1) is 20.2. The van der Waals surface area contributed by atoms with Crippen molar-refractivity contribution in [3.05, 3.63) is 11.6 Å². The molecule has 154 valence electrons. The summed E-state index contributed by atoms with van der Waals surface area (Å²) in [6, 6.07) is 0. The van der Waals surface area contributed by atoms with Crippen molar-refractivity contribution in [1.29, 1.82) is 0 Å². The molecule has 28 heavy (non-hydrogen) atoms. The summed E-state index contributed by atoms with van der Waals surface area (Å²) in [5, 5.41) is 9.40. The quantitative estimate of drug-likeness (QED) is 0.559. The highest BCUT2D eigenvalue weighted by molar-refractivity contribution is 6.43. The van der Waals surface area contributed by atoms with Crippen LogP contribution in [0, 0.1) is 34.5 Å². The largest absolute Gasteiger partial charge is 0.389 e. The highest BCUT2D eigenvalue weighted by Crippen LogP contribution is 2.71. The number of hydrogen-bond acceptors (Lipinski definition) is 4. The maximum Gasteiger partial charge on any atom is 0.221 e. The Labute approximate surface area is 169 Å². The van der Waals surface area contributed by atoms with E-state index < -0.39 is 40.6 Å². The average molecular weight is 411 g/mol. The van der Waals surface area contributed by atoms with Gasteiger partial charge in [-0.05, 0) is 61.0 Å². The van der Waals surface area contributed by atoms with Crippen LogP contribution in [0.3, 0.4) is 0 Å². The number of carbonyl (C=O) groups is 3. The summed E-state index contributed by atoms with van der Waals surface area (Å²) in [6.45, 7) is 5.17. The first-order valence-electron chi connectivity index (χ1n) is 10.3. The second kappa shape index (κ2) is 6.21. The van der Waals surface area contributed by atoms with Crippen molar-refractivity contribution in [1.82, 2.24) is 0 Å². The van der Waals surface area contributed by atoms with E-state index in [1.165, 1.54) is 6.08 Å². The average Bonchev–Trinajstić information content (AvgIpc) is 3.01. The third-order valence-electron chi connectivity index (χ3n) is 9.11. The van der Waals surface area contributed by atoms with Gasteiger partial charge in [0.25, 0.3) is 0 Å². The first-order chi connectivity index (χ1) is 13.0. The number of carbonyl (C=O) groups excluding carboxylic acids is 3. The van der Waals surface area contributed by atoms with Gasteiger partial charge in [0.1, 0.15) is 12.8 Å². The molecule has 4 aliphatic carbocycles. The van der Waals surface area contributed by atoms with Crippen molar-refractivity contribution in [3.8, 4) is 0 Å². The molecule has 0 aliphatic heterocycles. The zero-order valence-electron chi connectivity index (χ0n) is 16.6. The summed E-state index contributed by atoms with van der Waals surface area (Å²) in [5.41, 5.74) is -0.847. The number of alkyl halides is 2. The molecule has 4 nitrogen and oxygen atoms in total. The Hall–Kier alpha value is -1.07. The molecule has 0 aromatic carbocycles. The zero-order valence-corrected chi connectivity index (χ0v) is 17.4. The molecule has 4 aliphatic rings. The third-order valence-corrected chi connectivity index (χ3v) is 9.97. The van der Waals surface area contributed by atoms with Crippen LogP contribution in [-0.2, 0) is 14.4 Å². The Balaban J connectivity index is 1.81. The number of halogens is 2. The SMILES string of the molecule is CC1C(=O)C(=O)C=C2C(F)C[C@H]3[C@@H]4CC[C@H](C(=O)CO)[C@@]4(C)CC[C@]3(Cl)[C@]21C. The minimum Gasteiger partial charge on any atom is -0.389 e. The monoisotopic (exact) mass is 410 g/mol. The van der Waals surface area contributed by atoms with Crippen molar-refractivity contribution in [2.24, 2.45) is 34.5 Å². The summed E-state index contributed by atoms with van der Waals surface area (Å²) in [5.74, 6) is -2.26. The van der Waals surface area contributed by atoms with Crippen LogP contribution in [0.15, 0.2) is 11.6 Å². The van der Waals surface area contributed by atoms with Gasteiger partial charge >= 0.3 is 0 Å². The van der Waals surface area contributed by atoms with Crippen molar-refractivity contribution < 1.29 is 23.9 Å². The van der Waals surface area contributed by atoms with Gasteiger partial charge in [0, 0.05) is 17.3 Å². The lowest BCUT2D eigenvalue weighted by molar-refractivity contribution is -0.144. The fourth-order valence-corrected chi connectivity index (χ4v) is 7.94. The Morgan fingerprint density at radius 1 is 1.25 bits per heavy atom. The fourth-order valence-electron chi connectivity index (χ4n) is 7.33. The number of aliphatic hydroxyl groups excluding tert-OH is 1. The molecule has 0 radical (unpaired) electrons. The van der Waals surface area contributed by atoms with Crippen molar-refractivity contribution >= 4 is 29.0 Å². The van der Waals surface area contributed by atoms with Crippen LogP contribution in [-0.4, -0.2) is 40.1 Å². The highest BCUT2D eigenvalue weighted by atomic mass is 35.5. The van der Waals surface area contributed by atoms with E-state index >= 15 is 4.39 Å². The van der Waals surface area contributed by atoms with Gasteiger partial charge < -0.3 is 5.11 Å². The van der Waals surface area contributed by atoms with Crippen molar-refractivity contribution in [2.45, 2.75) is 63.9 Å². The summed E-state index contributed by atoms with van der Waals surface area (Å²) < 4.78 is 15.4. The van der Waals surface area contributed by atoms with Crippen LogP contribution in [0.4, 0.5) is 4.39 Å². The second-order valence-corrected chi connectivity index (χ2v) is 10.5. The van der Waals surface area contributed by atoms with Crippen molar-refractivity contribution in [2.75, 3.05) is 6.61 Å². The molecule has 8 atom stereocenters. The van der Waals surface area contributed by atoms with E-state index in [4.69, 9.17) is 11.6 Å². The smallest absolute Gasteiger partial charge is 0.221 e. The Morgan fingerprint density at radius 2 is 1.93 bits per heavy atom. The maximum atomic E-state index is 15.4. The van der Waals surface area contributed by atoms with E-state index in [0.717, 1.165) is 6.42 Å². The molecule has 1 N–H and O–H groups in total. The third kappa shape index (κ3) is 2.23. The molecule has 0 bridgehead atoms. The molecule has 2 unspecified atom stereocenters. The molecule has 0 aromatic heterocycles. The van der Waals surface area contributed by atoms with Crippen LogP contribution in [0.25, 0.3) is 0 Å². The standard InChI is InChI=1S/C22H28ClFO4/c1-11-19(28)17(26)9-15-16(24)8-14-12-4-5-13(18(27)10-25)20(12,2)6-7-22(14,23)21(11,15)3/h9,11-14,16,25H,4-8,10H2,1-3H3/t11?,12-,13+,14-,16?,20-,21-,22+/m0/s1. The molecule has 0 heterocycles. The van der Waals surface area contributed by atoms with E-state index in [9.17, 15) is 19.5 Å². The van der Waals surface area contributed by atoms with Crippen LogP contribution in [0.5, 0.6) is 0 Å². The first-order valence-corrected chi connectivity index (χ1v) is 10.7. The molecule has 0 aromatic rings. The number of Topliss-reactive ketones (excluding diaryl/α,β-unsaturated/α-hetero) is 2. The minimum atomic E-state index is -1.31. The summed E-state index contributed by atoms with van der Waals surface area (Å²) in [6.07, 6.45) is 2.84. The maximum absolute atomic E-state index is 15.4. The van der Waals surface area contributed by atoms with Crippen LogP contribution in [0.2, 0.25) is 0 Å². The molecular formula is C22H28ClFO4. The Kier molecular flexibility index (Phi) is 4.49. The molecule has 0 amide bonds. The predicted molar refractivity (Wildman–Crippen MR) is 103 cm³/mol. The molecule has 0 spiro atoms. The second-order valence-electron chi connectivity index (χ2n) is 9.79. The van der Waals surface area contributed by atoms with Crippen LogP contribution in [0.1, 0.15) is 52.9 Å². The summed E-state index contributed by atoms with van der Waals surface area (Å²) in [7, 11) is 0. The van der Waals surface area contributed by atoms with Gasteiger partial charge in [-0.25, -0.2) is 4.39 Å². The van der Waals surface area contributed by atoms with Gasteiger partial charge in [0.2, 0.25) is 11.6 Å². The Bertz CT molecular complexity index is 793. The molecule has 3 fully saturated rings. The number of ketones is 3. The van der Waals surface area contributed by atoms with Crippen LogP contribution < -0.4 is 0 Å². The summed E-state index contributed by atoms with van der Waals surface area (Å²) >= 11 is 7.35. The van der Waals surface area contributed by atoms with Gasteiger partial charge in [-0.15, -0.1) is 11.6 Å². The van der Waals surface area contributed by atoms with Gasteiger partial charge in [-0.3, -0.25) is 14.4 Å². The molecule has 4 rings (SSSR count). The fraction of sp³-hybridized carbons (Fsp3) is 0.773. The van der Waals surface area contributed by atoms with E-state index in [2.05, 4.69) is 6.92 Å². The topological polar surface area (TPSA) is 71.4 Å². The van der Waals surface area contributed by atoms with Gasteiger partial charge in [-0.2, -0.15) is 0 Å². The molecule has 6 heteroatoms. The lowest BCUT2D eigenvalue weighted by Gasteiger charge is -2.64. The molecule has 3 saturated carbocycles. The van der Waals surface area contributed by atoms with Crippen LogP contribution >= 0.6 is 11.6 Å². The number of allylic oxidation sites excluding steroid dienone is 1. The lowest BCUT2D eigenvalue weighted by atomic mass is 9.44. The number of rotatable bonds is 2. The number of hydrogen-bond donors (Lipinski definition) is 1. The minimum absolute atomic E-state index is 0.0656. The normalized spacial score (nSPS) is 50.5. The number of fused-ring (bicyclic) bond motifs is 5. The highest BCUT2D eigenvalue weighted by Gasteiger charge is 2.70. The van der Waals surface area contributed by atoms with E-state index in [-0.39, 0.29) is 35.4 Å². The van der Waals surface area contributed by atoms with Gasteiger partial charge in [0.15, 0.2) is 5.78 Å². The predicted octanol–water partition coefficient (Wildman–Crippen LogP) is 3.43. The summed E-state index contributed by atoms with van der Waals surface area (Å²) in [4.78, 5) is 36.2. The van der Waals surface area contributed by atoms with Crippen molar-refractivity contribution in [3.63, 3.8) is 0 Å². The van der Waals surface area contributed by atoms with E-state index in [1.807, 2.05) is 6.92 Å². The molecule has 0 saturated heterocycles. The van der Waals surface area contributed by atoms with E-state index in [1.54, 1.807) is 6.92 Å². The Morgan fingerprint density at radius 3 is 2.57 bits per heavy atom. The zero-order chi connectivity index (χ0) is 20.6. The molecular weight excluding hydrogens is 383 g/mol. The van der Waals surface area contributed by atoms with Gasteiger partial charge in [0.05, 0.1) is 4.87 Å². The van der Waals surface area contributed by atoms with E-state index in [0.29, 0.717) is 24.8 Å².